The van der Waals surface area contributed by atoms with E-state index in [1.165, 1.54) is 0 Å². The molecule has 0 saturated carbocycles. The van der Waals surface area contributed by atoms with Gasteiger partial charge in [-0.15, -0.1) is 0 Å². The molecule has 0 bridgehead atoms. The number of aliphatic hydroxyl groups excluding tert-OH is 1. The van der Waals surface area contributed by atoms with Crippen molar-refractivity contribution >= 4 is 5.78 Å². The van der Waals surface area contributed by atoms with E-state index in [4.69, 9.17) is 0 Å². The van der Waals surface area contributed by atoms with E-state index in [1.54, 1.807) is 13.0 Å². The van der Waals surface area contributed by atoms with Crippen molar-refractivity contribution in [3.63, 3.8) is 0 Å². The molecule has 1 aliphatic rings. The van der Waals surface area contributed by atoms with Crippen LogP contribution in [0, 0.1) is 0 Å². The lowest BCUT2D eigenvalue weighted by Gasteiger charge is -1.98. The molecule has 0 heterocycles. The molecule has 0 aromatic carbocycles. The molecule has 2 heteroatoms. The lowest BCUT2D eigenvalue weighted by Crippen LogP contribution is -2.03. The summed E-state index contributed by atoms with van der Waals surface area (Å²) in [5, 5.41) is 9.36. The Morgan fingerprint density at radius 3 is 2.62 bits per heavy atom. The molecular weight excluding hydrogens is 164 g/mol. The van der Waals surface area contributed by atoms with E-state index >= 15 is 0 Å². The van der Waals surface area contributed by atoms with Crippen molar-refractivity contribution in [2.24, 2.45) is 0 Å². The van der Waals surface area contributed by atoms with Crippen molar-refractivity contribution in [1.29, 1.82) is 0 Å². The van der Waals surface area contributed by atoms with Crippen molar-refractivity contribution in [1.82, 2.24) is 0 Å². The summed E-state index contributed by atoms with van der Waals surface area (Å²) >= 11 is 0. The smallest absolute Gasteiger partial charge is 0.165 e. The maximum Gasteiger partial charge on any atom is 0.165 e. The van der Waals surface area contributed by atoms with Crippen LogP contribution in [0.5, 0.6) is 0 Å². The van der Waals surface area contributed by atoms with Gasteiger partial charge in [0, 0.05) is 12.0 Å². The van der Waals surface area contributed by atoms with Crippen LogP contribution in [0.1, 0.15) is 20.3 Å². The lowest BCUT2D eigenvalue weighted by molar-refractivity contribution is -0.115. The van der Waals surface area contributed by atoms with Crippen LogP contribution in [0.2, 0.25) is 0 Å². The summed E-state index contributed by atoms with van der Waals surface area (Å²) in [6.07, 6.45) is 6.99. The maximum absolute atomic E-state index is 11.3. The van der Waals surface area contributed by atoms with E-state index < -0.39 is 6.10 Å². The van der Waals surface area contributed by atoms with Gasteiger partial charge in [0.05, 0.1) is 6.10 Å². The van der Waals surface area contributed by atoms with Gasteiger partial charge in [0.1, 0.15) is 0 Å². The standard InChI is InChI=1S/C11H14O2/c1-3-4-5-6-9-8(2)10(12)7-11(9)13/h3-6,10,12H,7H2,1-2H3. The predicted molar refractivity (Wildman–Crippen MR) is 52.3 cm³/mol. The fraction of sp³-hybridized carbons (Fsp3) is 0.364. The minimum Gasteiger partial charge on any atom is -0.388 e. The molecule has 0 saturated heterocycles. The van der Waals surface area contributed by atoms with Gasteiger partial charge in [-0.1, -0.05) is 24.3 Å². The summed E-state index contributed by atoms with van der Waals surface area (Å²) < 4.78 is 0. The highest BCUT2D eigenvalue weighted by Crippen LogP contribution is 2.23. The highest BCUT2D eigenvalue weighted by Gasteiger charge is 2.25. The van der Waals surface area contributed by atoms with Crippen molar-refractivity contribution in [2.45, 2.75) is 26.4 Å². The third-order valence-corrected chi connectivity index (χ3v) is 2.17. The van der Waals surface area contributed by atoms with Crippen LogP contribution in [-0.4, -0.2) is 17.0 Å². The van der Waals surface area contributed by atoms with Gasteiger partial charge in [-0.3, -0.25) is 4.79 Å². The highest BCUT2D eigenvalue weighted by atomic mass is 16.3. The SMILES string of the molecule is CC=CC=CC1=C(C)C(O)CC1=O. The van der Waals surface area contributed by atoms with Crippen LogP contribution in [0.15, 0.2) is 35.5 Å². The molecule has 1 aliphatic carbocycles. The number of hydrogen-bond donors (Lipinski definition) is 1. The molecule has 0 amide bonds. The highest BCUT2D eigenvalue weighted by molar-refractivity contribution is 6.02. The molecule has 0 aromatic rings. The van der Waals surface area contributed by atoms with Crippen molar-refractivity contribution in [3.8, 4) is 0 Å². The second-order valence-electron chi connectivity index (χ2n) is 3.12. The van der Waals surface area contributed by atoms with E-state index in [0.29, 0.717) is 5.57 Å². The Kier molecular flexibility index (Phi) is 3.20. The molecule has 0 spiro atoms. The lowest BCUT2D eigenvalue weighted by atomic mass is 10.1. The maximum atomic E-state index is 11.3. The summed E-state index contributed by atoms with van der Waals surface area (Å²) in [7, 11) is 0. The Labute approximate surface area is 78.3 Å². The average molecular weight is 178 g/mol. The van der Waals surface area contributed by atoms with Crippen molar-refractivity contribution in [2.75, 3.05) is 0 Å². The van der Waals surface area contributed by atoms with E-state index in [-0.39, 0.29) is 12.2 Å². The first kappa shape index (κ1) is 9.93. The molecule has 1 N–H and O–H groups in total. The largest absolute Gasteiger partial charge is 0.388 e. The van der Waals surface area contributed by atoms with Gasteiger partial charge < -0.3 is 5.11 Å². The molecule has 0 fully saturated rings. The Hall–Kier alpha value is -1.15. The van der Waals surface area contributed by atoms with Gasteiger partial charge in [0.15, 0.2) is 5.78 Å². The van der Waals surface area contributed by atoms with Gasteiger partial charge in [-0.2, -0.15) is 0 Å². The van der Waals surface area contributed by atoms with Gasteiger partial charge in [0.25, 0.3) is 0 Å². The van der Waals surface area contributed by atoms with Crippen LogP contribution in [-0.2, 0) is 4.79 Å². The first-order valence-electron chi connectivity index (χ1n) is 4.38. The molecule has 0 radical (unpaired) electrons. The number of ketones is 1. The number of hydrogen-bond acceptors (Lipinski definition) is 2. The minimum atomic E-state index is -0.572. The number of carbonyl (C=O) groups excluding carboxylic acids is 1. The van der Waals surface area contributed by atoms with E-state index in [0.717, 1.165) is 5.57 Å². The summed E-state index contributed by atoms with van der Waals surface area (Å²) in [6, 6.07) is 0. The first-order chi connectivity index (χ1) is 6.16. The van der Waals surface area contributed by atoms with Crippen LogP contribution >= 0.6 is 0 Å². The number of Topliss-reactive ketones (excluding diaryl/α,β-unsaturated/α-hetero) is 1. The second kappa shape index (κ2) is 4.19. The Morgan fingerprint density at radius 2 is 2.15 bits per heavy atom. The number of carbonyl (C=O) groups is 1. The third-order valence-electron chi connectivity index (χ3n) is 2.17. The zero-order valence-corrected chi connectivity index (χ0v) is 7.95. The summed E-state index contributed by atoms with van der Waals surface area (Å²) in [6.45, 7) is 3.71. The Bertz CT molecular complexity index is 295. The molecule has 1 rings (SSSR count). The minimum absolute atomic E-state index is 0.0331. The van der Waals surface area contributed by atoms with Gasteiger partial charge in [-0.05, 0) is 19.4 Å². The van der Waals surface area contributed by atoms with Gasteiger partial charge in [0.2, 0.25) is 0 Å². The average Bonchev–Trinajstić information content (AvgIpc) is 2.32. The molecular formula is C11H14O2. The van der Waals surface area contributed by atoms with Gasteiger partial charge in [-0.25, -0.2) is 0 Å². The van der Waals surface area contributed by atoms with E-state index in [9.17, 15) is 9.90 Å². The van der Waals surface area contributed by atoms with Crippen LogP contribution in [0.4, 0.5) is 0 Å². The van der Waals surface area contributed by atoms with Crippen LogP contribution in [0.3, 0.4) is 0 Å². The molecule has 13 heavy (non-hydrogen) atoms. The first-order valence-corrected chi connectivity index (χ1v) is 4.38. The van der Waals surface area contributed by atoms with Crippen molar-refractivity contribution in [3.05, 3.63) is 35.5 Å². The fourth-order valence-corrected chi connectivity index (χ4v) is 1.33. The number of rotatable bonds is 2. The Morgan fingerprint density at radius 1 is 1.46 bits per heavy atom. The molecule has 2 nitrogen and oxygen atoms in total. The second-order valence-corrected chi connectivity index (χ2v) is 3.12. The van der Waals surface area contributed by atoms with Gasteiger partial charge >= 0.3 is 0 Å². The van der Waals surface area contributed by atoms with Crippen LogP contribution in [0.25, 0.3) is 0 Å². The fourth-order valence-electron chi connectivity index (χ4n) is 1.33. The van der Waals surface area contributed by atoms with E-state index in [1.807, 2.05) is 25.2 Å². The summed E-state index contributed by atoms with van der Waals surface area (Å²) in [5.41, 5.74) is 1.44. The molecule has 1 atom stereocenters. The number of allylic oxidation sites excluding steroid dienone is 5. The van der Waals surface area contributed by atoms with E-state index in [2.05, 4.69) is 0 Å². The van der Waals surface area contributed by atoms with Crippen molar-refractivity contribution < 1.29 is 9.90 Å². The zero-order valence-electron chi connectivity index (χ0n) is 7.95. The predicted octanol–water partition coefficient (Wildman–Crippen LogP) is 1.77. The number of aliphatic hydroxyl groups is 1. The monoisotopic (exact) mass is 178 g/mol. The third kappa shape index (κ3) is 2.16. The zero-order chi connectivity index (χ0) is 9.84. The molecule has 70 valence electrons. The summed E-state index contributed by atoms with van der Waals surface area (Å²) in [5.74, 6) is 0.0331. The quantitative estimate of drug-likeness (QED) is 0.654. The molecule has 0 aromatic heterocycles. The summed E-state index contributed by atoms with van der Waals surface area (Å²) in [4.78, 5) is 11.3. The van der Waals surface area contributed by atoms with Crippen LogP contribution < -0.4 is 0 Å². The molecule has 1 unspecified atom stereocenters. The topological polar surface area (TPSA) is 37.3 Å². The molecule has 0 aliphatic heterocycles. The normalized spacial score (nSPS) is 24.2. The Balaban J connectivity index is 2.83.